The summed E-state index contributed by atoms with van der Waals surface area (Å²) >= 11 is 2.90. The van der Waals surface area contributed by atoms with E-state index in [0.717, 1.165) is 0 Å². The first-order valence-corrected chi connectivity index (χ1v) is 9.02. The van der Waals surface area contributed by atoms with Crippen molar-refractivity contribution in [1.29, 1.82) is 0 Å². The van der Waals surface area contributed by atoms with Crippen LogP contribution in [-0.2, 0) is 9.59 Å². The van der Waals surface area contributed by atoms with Crippen LogP contribution in [0.15, 0.2) is 11.0 Å². The molecule has 1 saturated heterocycles. The maximum Gasteiger partial charge on any atom is 0.271 e. The second kappa shape index (κ2) is 7.41. The van der Waals surface area contributed by atoms with Crippen LogP contribution in [0.2, 0.25) is 0 Å². The fourth-order valence-electron chi connectivity index (χ4n) is 2.42. The molecule has 4 nitrogen and oxygen atoms in total. The van der Waals surface area contributed by atoms with Crippen molar-refractivity contribution in [3.05, 3.63) is 11.0 Å². The first-order valence-electron chi connectivity index (χ1n) is 7.34. The van der Waals surface area contributed by atoms with Gasteiger partial charge in [-0.1, -0.05) is 19.3 Å². The first-order chi connectivity index (χ1) is 9.67. The SMILES string of the molecule is CCN1SN(CC)C(=O)C(=CSC2CCCCC2)C1=O. The van der Waals surface area contributed by atoms with Crippen LogP contribution < -0.4 is 0 Å². The van der Waals surface area contributed by atoms with E-state index in [2.05, 4.69) is 0 Å². The van der Waals surface area contributed by atoms with Gasteiger partial charge in [0.25, 0.3) is 11.8 Å². The summed E-state index contributed by atoms with van der Waals surface area (Å²) in [6, 6.07) is 0. The van der Waals surface area contributed by atoms with Crippen molar-refractivity contribution in [2.45, 2.75) is 51.2 Å². The second-order valence-electron chi connectivity index (χ2n) is 5.01. The summed E-state index contributed by atoms with van der Waals surface area (Å²) in [5.41, 5.74) is 0.336. The molecule has 1 heterocycles. The number of thioether (sulfide) groups is 1. The zero-order valence-corrected chi connectivity index (χ0v) is 13.8. The molecule has 0 unspecified atom stereocenters. The van der Waals surface area contributed by atoms with Gasteiger partial charge in [-0.05, 0) is 32.1 Å². The Morgan fingerprint density at radius 1 is 1.10 bits per heavy atom. The molecule has 2 amide bonds. The highest BCUT2D eigenvalue weighted by Crippen LogP contribution is 2.33. The summed E-state index contributed by atoms with van der Waals surface area (Å²) in [6.45, 7) is 5.08. The third-order valence-electron chi connectivity index (χ3n) is 3.62. The molecular weight excluding hydrogens is 292 g/mol. The number of hydrogen-bond acceptors (Lipinski definition) is 4. The van der Waals surface area contributed by atoms with Crippen LogP contribution in [0.3, 0.4) is 0 Å². The molecule has 1 aliphatic carbocycles. The van der Waals surface area contributed by atoms with Crippen molar-refractivity contribution in [2.24, 2.45) is 0 Å². The molecule has 1 aliphatic heterocycles. The Morgan fingerprint density at radius 2 is 1.65 bits per heavy atom. The van der Waals surface area contributed by atoms with E-state index in [0.29, 0.717) is 23.9 Å². The van der Waals surface area contributed by atoms with Crippen LogP contribution >= 0.6 is 23.9 Å². The standard InChI is InChI=1S/C14H22N2O2S2/c1-3-15-13(17)12(14(18)16(4-2)20-15)10-19-11-8-6-5-7-9-11/h10-11H,3-9H2,1-2H3. The first kappa shape index (κ1) is 15.8. The number of likely N-dealkylation sites (N-methyl/N-ethyl adjacent to an activating group) is 2. The van der Waals surface area contributed by atoms with Gasteiger partial charge in [-0.2, -0.15) is 0 Å². The molecule has 0 atom stereocenters. The highest BCUT2D eigenvalue weighted by atomic mass is 32.2. The summed E-state index contributed by atoms with van der Waals surface area (Å²) in [4.78, 5) is 24.6. The van der Waals surface area contributed by atoms with Crippen molar-refractivity contribution < 1.29 is 9.59 Å². The van der Waals surface area contributed by atoms with Gasteiger partial charge in [0, 0.05) is 18.3 Å². The average molecular weight is 314 g/mol. The Labute approximate surface area is 129 Å². The zero-order chi connectivity index (χ0) is 14.5. The number of nitrogens with zero attached hydrogens (tertiary/aromatic N) is 2. The molecule has 112 valence electrons. The van der Waals surface area contributed by atoms with Crippen LogP contribution in [-0.4, -0.2) is 38.8 Å². The van der Waals surface area contributed by atoms with Crippen LogP contribution in [0.4, 0.5) is 0 Å². The average Bonchev–Trinajstić information content (AvgIpc) is 2.48. The van der Waals surface area contributed by atoms with Crippen LogP contribution in [0, 0.1) is 0 Å². The molecule has 0 N–H and O–H groups in total. The van der Waals surface area contributed by atoms with Crippen molar-refractivity contribution in [1.82, 2.24) is 8.61 Å². The van der Waals surface area contributed by atoms with E-state index in [1.165, 1.54) is 44.2 Å². The molecule has 20 heavy (non-hydrogen) atoms. The fraction of sp³-hybridized carbons (Fsp3) is 0.714. The predicted molar refractivity (Wildman–Crippen MR) is 84.9 cm³/mol. The minimum Gasteiger partial charge on any atom is -0.268 e. The van der Waals surface area contributed by atoms with Crippen LogP contribution in [0.25, 0.3) is 0 Å². The fourth-order valence-corrected chi connectivity index (χ4v) is 4.37. The Balaban J connectivity index is 2.08. The number of hydrogen-bond donors (Lipinski definition) is 0. The minimum atomic E-state index is -0.143. The summed E-state index contributed by atoms with van der Waals surface area (Å²) in [7, 11) is 0. The number of carbonyl (C=O) groups is 2. The van der Waals surface area contributed by atoms with E-state index >= 15 is 0 Å². The van der Waals surface area contributed by atoms with Gasteiger partial charge in [0.15, 0.2) is 0 Å². The lowest BCUT2D eigenvalue weighted by atomic mass is 10.0. The smallest absolute Gasteiger partial charge is 0.268 e. The summed E-state index contributed by atoms with van der Waals surface area (Å²) in [5, 5.41) is 2.38. The van der Waals surface area contributed by atoms with E-state index in [9.17, 15) is 9.59 Å². The van der Waals surface area contributed by atoms with E-state index in [1.807, 2.05) is 19.3 Å². The second-order valence-corrected chi connectivity index (χ2v) is 7.23. The maximum atomic E-state index is 12.3. The predicted octanol–water partition coefficient (Wildman–Crippen LogP) is 3.21. The number of rotatable bonds is 4. The monoisotopic (exact) mass is 314 g/mol. The Bertz CT molecular complexity index is 382. The molecule has 0 aromatic rings. The molecule has 2 fully saturated rings. The van der Waals surface area contributed by atoms with Crippen molar-refractivity contribution >= 4 is 35.7 Å². The molecule has 2 rings (SSSR count). The third-order valence-corrected chi connectivity index (χ3v) is 6.09. The summed E-state index contributed by atoms with van der Waals surface area (Å²) in [5.74, 6) is -0.286. The molecule has 2 aliphatic rings. The summed E-state index contributed by atoms with van der Waals surface area (Å²) < 4.78 is 3.30. The molecular formula is C14H22N2O2S2. The maximum absolute atomic E-state index is 12.3. The molecule has 1 saturated carbocycles. The van der Waals surface area contributed by atoms with Gasteiger partial charge < -0.3 is 0 Å². The highest BCUT2D eigenvalue weighted by molar-refractivity contribution is 8.02. The van der Waals surface area contributed by atoms with Gasteiger partial charge in [0.2, 0.25) is 0 Å². The molecule has 0 spiro atoms. The van der Waals surface area contributed by atoms with E-state index < -0.39 is 0 Å². The van der Waals surface area contributed by atoms with Gasteiger partial charge in [0.05, 0.1) is 12.1 Å². The van der Waals surface area contributed by atoms with Gasteiger partial charge in [-0.25, -0.2) is 0 Å². The van der Waals surface area contributed by atoms with E-state index in [4.69, 9.17) is 0 Å². The lowest BCUT2D eigenvalue weighted by Crippen LogP contribution is -2.43. The van der Waals surface area contributed by atoms with Gasteiger partial charge >= 0.3 is 0 Å². The molecule has 0 aromatic carbocycles. The third kappa shape index (κ3) is 3.52. The Kier molecular flexibility index (Phi) is 5.84. The lowest BCUT2D eigenvalue weighted by Gasteiger charge is -2.33. The Morgan fingerprint density at radius 3 is 2.15 bits per heavy atom. The van der Waals surface area contributed by atoms with Gasteiger partial charge in [-0.3, -0.25) is 18.2 Å². The molecule has 0 aromatic heterocycles. The quantitative estimate of drug-likeness (QED) is 0.454. The van der Waals surface area contributed by atoms with Crippen molar-refractivity contribution in [3.8, 4) is 0 Å². The van der Waals surface area contributed by atoms with Crippen molar-refractivity contribution in [3.63, 3.8) is 0 Å². The number of carbonyl (C=O) groups excluding carboxylic acids is 2. The van der Waals surface area contributed by atoms with Gasteiger partial charge in [0.1, 0.15) is 5.57 Å². The van der Waals surface area contributed by atoms with E-state index in [1.54, 1.807) is 20.4 Å². The largest absolute Gasteiger partial charge is 0.271 e. The number of amides is 2. The lowest BCUT2D eigenvalue weighted by molar-refractivity contribution is -0.130. The van der Waals surface area contributed by atoms with Crippen molar-refractivity contribution in [2.75, 3.05) is 13.1 Å². The molecule has 6 heteroatoms. The van der Waals surface area contributed by atoms with Gasteiger partial charge in [-0.15, -0.1) is 11.8 Å². The molecule has 0 bridgehead atoms. The normalized spacial score (nSPS) is 21.6. The minimum absolute atomic E-state index is 0.143. The van der Waals surface area contributed by atoms with Crippen LogP contribution in [0.5, 0.6) is 0 Å². The topological polar surface area (TPSA) is 40.6 Å². The zero-order valence-electron chi connectivity index (χ0n) is 12.1. The highest BCUT2D eigenvalue weighted by Gasteiger charge is 2.35. The summed E-state index contributed by atoms with van der Waals surface area (Å²) in [6.07, 6.45) is 6.23. The van der Waals surface area contributed by atoms with Crippen LogP contribution in [0.1, 0.15) is 46.0 Å². The Hall–Kier alpha value is -0.620. The van der Waals surface area contributed by atoms with E-state index in [-0.39, 0.29) is 11.8 Å². The molecule has 0 radical (unpaired) electrons.